The Balaban J connectivity index is 1.54. The number of hydrogen-bond donors (Lipinski definition) is 2. The van der Waals surface area contributed by atoms with Gasteiger partial charge in [0.25, 0.3) is 0 Å². The van der Waals surface area contributed by atoms with Gasteiger partial charge >= 0.3 is 0 Å². The van der Waals surface area contributed by atoms with E-state index < -0.39 is 0 Å². The molecule has 1 atom stereocenters. The minimum Gasteiger partial charge on any atom is -0.356 e. The molecule has 1 aliphatic carbocycles. The Morgan fingerprint density at radius 3 is 2.73 bits per heavy atom. The van der Waals surface area contributed by atoms with Crippen LogP contribution in [0, 0.1) is 17.8 Å². The average molecular weight is 210 g/mol. The fourth-order valence-corrected chi connectivity index (χ4v) is 2.05. The van der Waals surface area contributed by atoms with Gasteiger partial charge in [-0.2, -0.15) is 0 Å². The first-order chi connectivity index (χ1) is 7.27. The maximum atomic E-state index is 11.7. The largest absolute Gasteiger partial charge is 0.356 e. The highest BCUT2D eigenvalue weighted by Gasteiger charge is 2.28. The lowest BCUT2D eigenvalue weighted by molar-refractivity contribution is -0.126. The van der Waals surface area contributed by atoms with E-state index >= 15 is 0 Å². The van der Waals surface area contributed by atoms with Gasteiger partial charge in [0, 0.05) is 12.5 Å². The van der Waals surface area contributed by atoms with Crippen LogP contribution in [0.5, 0.6) is 0 Å². The summed E-state index contributed by atoms with van der Waals surface area (Å²) in [6.45, 7) is 4.94. The van der Waals surface area contributed by atoms with E-state index in [1.54, 1.807) is 0 Å². The molecule has 1 unspecified atom stereocenters. The maximum absolute atomic E-state index is 11.7. The van der Waals surface area contributed by atoms with Gasteiger partial charge in [0.2, 0.25) is 5.91 Å². The average Bonchev–Trinajstić information content (AvgIpc) is 2.92. The Morgan fingerprint density at radius 2 is 2.20 bits per heavy atom. The van der Waals surface area contributed by atoms with E-state index in [0.29, 0.717) is 5.92 Å². The number of amides is 1. The molecule has 1 heterocycles. The van der Waals surface area contributed by atoms with E-state index in [-0.39, 0.29) is 11.8 Å². The van der Waals surface area contributed by atoms with Crippen LogP contribution < -0.4 is 10.6 Å². The lowest BCUT2D eigenvalue weighted by Crippen LogP contribution is -2.49. The van der Waals surface area contributed by atoms with Crippen molar-refractivity contribution in [3.8, 4) is 0 Å². The standard InChI is InChI=1S/C12H22N2O/c1-9(11-7-13-8-11)12(15)14-6-2-3-10-4-5-10/h9-11,13H,2-8H2,1H3,(H,14,15). The molecule has 1 saturated carbocycles. The van der Waals surface area contributed by atoms with Gasteiger partial charge in [0.1, 0.15) is 0 Å². The Bertz CT molecular complexity index is 222. The Morgan fingerprint density at radius 1 is 1.47 bits per heavy atom. The number of carbonyl (C=O) groups excluding carboxylic acids is 1. The predicted octanol–water partition coefficient (Wildman–Crippen LogP) is 1.15. The molecule has 2 rings (SSSR count). The highest BCUT2D eigenvalue weighted by atomic mass is 16.1. The van der Waals surface area contributed by atoms with Crippen LogP contribution in [0.25, 0.3) is 0 Å². The van der Waals surface area contributed by atoms with Crippen molar-refractivity contribution in [2.75, 3.05) is 19.6 Å². The van der Waals surface area contributed by atoms with Gasteiger partial charge in [-0.05, 0) is 37.8 Å². The van der Waals surface area contributed by atoms with Crippen molar-refractivity contribution in [3.05, 3.63) is 0 Å². The third-order valence-corrected chi connectivity index (χ3v) is 3.72. The van der Waals surface area contributed by atoms with E-state index in [1.165, 1.54) is 19.3 Å². The van der Waals surface area contributed by atoms with Gasteiger partial charge in [0.15, 0.2) is 0 Å². The molecule has 3 nitrogen and oxygen atoms in total. The Labute approximate surface area is 92.0 Å². The lowest BCUT2D eigenvalue weighted by Gasteiger charge is -2.31. The molecule has 1 aliphatic heterocycles. The van der Waals surface area contributed by atoms with Gasteiger partial charge in [-0.25, -0.2) is 0 Å². The second-order valence-corrected chi connectivity index (χ2v) is 5.08. The first kappa shape index (κ1) is 10.9. The Kier molecular flexibility index (Phi) is 3.62. The summed E-state index contributed by atoms with van der Waals surface area (Å²) in [5.74, 6) is 1.98. The van der Waals surface area contributed by atoms with E-state index in [2.05, 4.69) is 10.6 Å². The van der Waals surface area contributed by atoms with Crippen LogP contribution in [0.15, 0.2) is 0 Å². The molecule has 15 heavy (non-hydrogen) atoms. The molecule has 3 heteroatoms. The molecule has 0 bridgehead atoms. The number of rotatable bonds is 6. The molecule has 0 aromatic heterocycles. The second-order valence-electron chi connectivity index (χ2n) is 5.08. The first-order valence-corrected chi connectivity index (χ1v) is 6.26. The lowest BCUT2D eigenvalue weighted by atomic mass is 9.88. The van der Waals surface area contributed by atoms with Crippen molar-refractivity contribution in [1.82, 2.24) is 10.6 Å². The molecular weight excluding hydrogens is 188 g/mol. The molecule has 0 radical (unpaired) electrons. The minimum atomic E-state index is 0.187. The molecule has 86 valence electrons. The topological polar surface area (TPSA) is 41.1 Å². The zero-order valence-corrected chi connectivity index (χ0v) is 9.59. The zero-order chi connectivity index (χ0) is 10.7. The monoisotopic (exact) mass is 210 g/mol. The fraction of sp³-hybridized carbons (Fsp3) is 0.917. The quantitative estimate of drug-likeness (QED) is 0.646. The smallest absolute Gasteiger partial charge is 0.223 e. The van der Waals surface area contributed by atoms with Crippen molar-refractivity contribution in [2.24, 2.45) is 17.8 Å². The zero-order valence-electron chi connectivity index (χ0n) is 9.59. The van der Waals surface area contributed by atoms with E-state index in [4.69, 9.17) is 0 Å². The van der Waals surface area contributed by atoms with E-state index in [0.717, 1.165) is 32.0 Å². The van der Waals surface area contributed by atoms with Crippen LogP contribution in [0.3, 0.4) is 0 Å². The molecule has 0 spiro atoms. The second kappa shape index (κ2) is 4.97. The molecule has 0 aromatic rings. The highest BCUT2D eigenvalue weighted by Crippen LogP contribution is 2.33. The van der Waals surface area contributed by atoms with Crippen LogP contribution in [0.2, 0.25) is 0 Å². The summed E-state index contributed by atoms with van der Waals surface area (Å²) in [6, 6.07) is 0. The summed E-state index contributed by atoms with van der Waals surface area (Å²) in [5, 5.41) is 6.26. The molecule has 0 aromatic carbocycles. The number of nitrogens with one attached hydrogen (secondary N) is 2. The van der Waals surface area contributed by atoms with Gasteiger partial charge in [-0.1, -0.05) is 19.8 Å². The SMILES string of the molecule is CC(C(=O)NCCCC1CC1)C1CNC1. The molecule has 1 amide bonds. The fourth-order valence-electron chi connectivity index (χ4n) is 2.05. The summed E-state index contributed by atoms with van der Waals surface area (Å²) in [6.07, 6.45) is 5.29. The van der Waals surface area contributed by atoms with Gasteiger partial charge in [-0.3, -0.25) is 4.79 Å². The summed E-state index contributed by atoms with van der Waals surface area (Å²) < 4.78 is 0. The van der Waals surface area contributed by atoms with Crippen molar-refractivity contribution < 1.29 is 4.79 Å². The van der Waals surface area contributed by atoms with Crippen LogP contribution in [-0.2, 0) is 4.79 Å². The normalized spacial score (nSPS) is 23.3. The van der Waals surface area contributed by atoms with Crippen molar-refractivity contribution in [1.29, 1.82) is 0 Å². The van der Waals surface area contributed by atoms with Crippen LogP contribution in [0.1, 0.15) is 32.6 Å². The van der Waals surface area contributed by atoms with Crippen molar-refractivity contribution in [3.63, 3.8) is 0 Å². The van der Waals surface area contributed by atoms with Gasteiger partial charge in [-0.15, -0.1) is 0 Å². The summed E-state index contributed by atoms with van der Waals surface area (Å²) in [5.41, 5.74) is 0. The number of hydrogen-bond acceptors (Lipinski definition) is 2. The summed E-state index contributed by atoms with van der Waals surface area (Å²) in [4.78, 5) is 11.7. The molecule has 2 aliphatic rings. The molecular formula is C12H22N2O. The number of carbonyl (C=O) groups is 1. The Hall–Kier alpha value is -0.570. The van der Waals surface area contributed by atoms with Gasteiger partial charge in [0.05, 0.1) is 0 Å². The molecule has 1 saturated heterocycles. The maximum Gasteiger partial charge on any atom is 0.223 e. The first-order valence-electron chi connectivity index (χ1n) is 6.26. The van der Waals surface area contributed by atoms with Crippen molar-refractivity contribution >= 4 is 5.91 Å². The predicted molar refractivity (Wildman–Crippen MR) is 60.5 cm³/mol. The molecule has 2 N–H and O–H groups in total. The third kappa shape index (κ3) is 3.20. The van der Waals surface area contributed by atoms with Crippen LogP contribution in [0.4, 0.5) is 0 Å². The molecule has 2 fully saturated rings. The van der Waals surface area contributed by atoms with E-state index in [9.17, 15) is 4.79 Å². The summed E-state index contributed by atoms with van der Waals surface area (Å²) >= 11 is 0. The highest BCUT2D eigenvalue weighted by molar-refractivity contribution is 5.78. The minimum absolute atomic E-state index is 0.187. The van der Waals surface area contributed by atoms with Crippen molar-refractivity contribution in [2.45, 2.75) is 32.6 Å². The summed E-state index contributed by atoms with van der Waals surface area (Å²) in [7, 11) is 0. The third-order valence-electron chi connectivity index (χ3n) is 3.72. The van der Waals surface area contributed by atoms with Crippen LogP contribution in [-0.4, -0.2) is 25.5 Å². The van der Waals surface area contributed by atoms with Gasteiger partial charge < -0.3 is 10.6 Å². The van der Waals surface area contributed by atoms with Crippen LogP contribution >= 0.6 is 0 Å². The van der Waals surface area contributed by atoms with E-state index in [1.807, 2.05) is 6.92 Å².